The van der Waals surface area contributed by atoms with E-state index in [0.29, 0.717) is 13.1 Å². The van der Waals surface area contributed by atoms with Gasteiger partial charge in [-0.15, -0.1) is 0 Å². The monoisotopic (exact) mass is 453 g/mol. The number of thiazole rings is 1. The summed E-state index contributed by atoms with van der Waals surface area (Å²) in [5.41, 5.74) is 2.54. The standard InChI is InChI=1S/C24H24FN3OS2/c1-15(2)30-22(17-7-5-4-6-8-17)16(3)23(29)28-12-11-19(14-28)26-24-27-20-10-9-18(25)13-21(20)31-24/h4-10,13,19H,1,11-12,14H2,2-3H3,(H,26,27)/b22-16+. The van der Waals surface area contributed by atoms with Gasteiger partial charge in [0.15, 0.2) is 5.13 Å². The molecule has 4 rings (SSSR count). The molecule has 0 saturated carbocycles. The molecule has 2 heterocycles. The number of allylic oxidation sites excluding steroid dienone is 1. The van der Waals surface area contributed by atoms with Crippen LogP contribution in [0.25, 0.3) is 15.1 Å². The van der Waals surface area contributed by atoms with Gasteiger partial charge >= 0.3 is 0 Å². The maximum atomic E-state index is 13.4. The first-order chi connectivity index (χ1) is 14.9. The van der Waals surface area contributed by atoms with Gasteiger partial charge in [-0.05, 0) is 48.9 Å². The minimum absolute atomic E-state index is 0.0447. The number of aromatic nitrogens is 1. The van der Waals surface area contributed by atoms with E-state index in [0.717, 1.165) is 42.7 Å². The van der Waals surface area contributed by atoms with Crippen molar-refractivity contribution in [3.63, 3.8) is 0 Å². The van der Waals surface area contributed by atoms with Gasteiger partial charge in [-0.25, -0.2) is 9.37 Å². The zero-order chi connectivity index (χ0) is 22.0. The summed E-state index contributed by atoms with van der Waals surface area (Å²) in [7, 11) is 0. The van der Waals surface area contributed by atoms with Crippen LogP contribution < -0.4 is 5.32 Å². The zero-order valence-corrected chi connectivity index (χ0v) is 19.2. The normalized spacial score (nSPS) is 17.0. The number of benzene rings is 2. The summed E-state index contributed by atoms with van der Waals surface area (Å²) in [5.74, 6) is -0.215. The highest BCUT2D eigenvalue weighted by Gasteiger charge is 2.29. The summed E-state index contributed by atoms with van der Waals surface area (Å²) < 4.78 is 14.3. The lowest BCUT2D eigenvalue weighted by Crippen LogP contribution is -2.32. The van der Waals surface area contributed by atoms with Gasteiger partial charge in [-0.1, -0.05) is 60.0 Å². The summed E-state index contributed by atoms with van der Waals surface area (Å²) in [5, 5.41) is 4.18. The lowest BCUT2D eigenvalue weighted by molar-refractivity contribution is -0.126. The number of fused-ring (bicyclic) bond motifs is 1. The molecule has 7 heteroatoms. The van der Waals surface area contributed by atoms with Crippen molar-refractivity contribution in [3.8, 4) is 0 Å². The predicted octanol–water partition coefficient (Wildman–Crippen LogP) is 6.15. The molecule has 1 amide bonds. The van der Waals surface area contributed by atoms with Crippen LogP contribution in [-0.4, -0.2) is 34.9 Å². The average Bonchev–Trinajstić information content (AvgIpc) is 3.38. The molecule has 0 bridgehead atoms. The Labute approximate surface area is 189 Å². The number of carbonyl (C=O) groups is 1. The molecule has 1 unspecified atom stereocenters. The minimum Gasteiger partial charge on any atom is -0.357 e. The van der Waals surface area contributed by atoms with Crippen molar-refractivity contribution in [2.24, 2.45) is 0 Å². The van der Waals surface area contributed by atoms with Gasteiger partial charge in [0.25, 0.3) is 5.91 Å². The predicted molar refractivity (Wildman–Crippen MR) is 130 cm³/mol. The molecule has 31 heavy (non-hydrogen) atoms. The van der Waals surface area contributed by atoms with Gasteiger partial charge in [0.05, 0.1) is 10.2 Å². The van der Waals surface area contributed by atoms with Crippen molar-refractivity contribution >= 4 is 49.3 Å². The van der Waals surface area contributed by atoms with Crippen LogP contribution in [0.15, 0.2) is 65.6 Å². The van der Waals surface area contributed by atoms with E-state index in [2.05, 4.69) is 16.9 Å². The second kappa shape index (κ2) is 9.24. The molecular formula is C24H24FN3OS2. The van der Waals surface area contributed by atoms with Crippen LogP contribution in [0.4, 0.5) is 9.52 Å². The Hall–Kier alpha value is -2.64. The third-order valence-corrected chi connectivity index (χ3v) is 7.17. The first-order valence-corrected chi connectivity index (χ1v) is 11.8. The number of thioether (sulfide) groups is 1. The number of carbonyl (C=O) groups excluding carboxylic acids is 1. The van der Waals surface area contributed by atoms with Crippen LogP contribution in [0.2, 0.25) is 0 Å². The third kappa shape index (κ3) is 4.99. The SMILES string of the molecule is C=C(C)S/C(=C(\C)C(=O)N1CCC(Nc2nc3ccc(F)cc3s2)C1)c1ccccc1. The maximum absolute atomic E-state index is 13.4. The molecule has 3 aromatic rings. The van der Waals surface area contributed by atoms with Gasteiger partial charge in [-0.3, -0.25) is 4.79 Å². The summed E-state index contributed by atoms with van der Waals surface area (Å²) in [6, 6.07) is 14.7. The smallest absolute Gasteiger partial charge is 0.250 e. The first kappa shape index (κ1) is 21.6. The molecule has 2 aromatic carbocycles. The van der Waals surface area contributed by atoms with Crippen molar-refractivity contribution in [1.82, 2.24) is 9.88 Å². The van der Waals surface area contributed by atoms with Crippen LogP contribution >= 0.6 is 23.1 Å². The third-order valence-electron chi connectivity index (χ3n) is 5.13. The Kier molecular flexibility index (Phi) is 6.43. The Balaban J connectivity index is 1.48. The van der Waals surface area contributed by atoms with E-state index < -0.39 is 0 Å². The minimum atomic E-state index is -0.260. The van der Waals surface area contributed by atoms with Gasteiger partial charge in [0, 0.05) is 29.6 Å². The van der Waals surface area contributed by atoms with E-state index in [1.54, 1.807) is 6.07 Å². The molecule has 1 aliphatic heterocycles. The van der Waals surface area contributed by atoms with Crippen LogP contribution in [0.5, 0.6) is 0 Å². The number of likely N-dealkylation sites (tertiary alicyclic amines) is 1. The van der Waals surface area contributed by atoms with E-state index in [1.165, 1.54) is 35.2 Å². The molecule has 160 valence electrons. The number of anilines is 1. The summed E-state index contributed by atoms with van der Waals surface area (Å²) in [6.45, 7) is 9.15. The van der Waals surface area contributed by atoms with Gasteiger partial charge in [0.2, 0.25) is 0 Å². The van der Waals surface area contributed by atoms with Crippen molar-refractivity contribution < 1.29 is 9.18 Å². The maximum Gasteiger partial charge on any atom is 0.250 e. The molecule has 4 nitrogen and oxygen atoms in total. The van der Waals surface area contributed by atoms with E-state index in [4.69, 9.17) is 0 Å². The number of hydrogen-bond acceptors (Lipinski definition) is 5. The number of amides is 1. The van der Waals surface area contributed by atoms with Crippen LogP contribution in [0.1, 0.15) is 25.8 Å². The molecule has 0 radical (unpaired) electrons. The van der Waals surface area contributed by atoms with Crippen molar-refractivity contribution in [3.05, 3.63) is 77.0 Å². The van der Waals surface area contributed by atoms with Crippen molar-refractivity contribution in [2.75, 3.05) is 18.4 Å². The Morgan fingerprint density at radius 3 is 2.77 bits per heavy atom. The van der Waals surface area contributed by atoms with Gasteiger partial charge < -0.3 is 10.2 Å². The summed E-state index contributed by atoms with van der Waals surface area (Å²) in [4.78, 5) is 21.6. The second-order valence-electron chi connectivity index (χ2n) is 7.64. The van der Waals surface area contributed by atoms with Crippen LogP contribution in [0.3, 0.4) is 0 Å². The molecule has 1 aromatic heterocycles. The number of nitrogens with one attached hydrogen (secondary N) is 1. The van der Waals surface area contributed by atoms with E-state index in [9.17, 15) is 9.18 Å². The quantitative estimate of drug-likeness (QED) is 0.455. The fourth-order valence-electron chi connectivity index (χ4n) is 3.65. The van der Waals surface area contributed by atoms with Gasteiger partial charge in [0.1, 0.15) is 5.82 Å². The molecule has 1 atom stereocenters. The molecule has 0 aliphatic carbocycles. The highest BCUT2D eigenvalue weighted by molar-refractivity contribution is 8.11. The van der Waals surface area contributed by atoms with E-state index in [1.807, 2.05) is 49.1 Å². The highest BCUT2D eigenvalue weighted by Crippen LogP contribution is 2.36. The number of hydrogen-bond donors (Lipinski definition) is 1. The Bertz CT molecular complexity index is 1160. The molecule has 1 fully saturated rings. The first-order valence-electron chi connectivity index (χ1n) is 10.1. The molecule has 0 spiro atoms. The zero-order valence-electron chi connectivity index (χ0n) is 17.5. The number of nitrogens with zero attached hydrogens (tertiary/aromatic N) is 2. The lowest BCUT2D eigenvalue weighted by Gasteiger charge is -2.20. The molecule has 1 aliphatic rings. The van der Waals surface area contributed by atoms with Crippen molar-refractivity contribution in [1.29, 1.82) is 0 Å². The van der Waals surface area contributed by atoms with Crippen LogP contribution in [0, 0.1) is 5.82 Å². The Morgan fingerprint density at radius 1 is 1.26 bits per heavy atom. The van der Waals surface area contributed by atoms with Gasteiger partial charge in [-0.2, -0.15) is 0 Å². The highest BCUT2D eigenvalue weighted by atomic mass is 32.2. The van der Waals surface area contributed by atoms with E-state index >= 15 is 0 Å². The number of halogens is 1. The molecular weight excluding hydrogens is 429 g/mol. The lowest BCUT2D eigenvalue weighted by atomic mass is 10.1. The summed E-state index contributed by atoms with van der Waals surface area (Å²) >= 11 is 2.97. The topological polar surface area (TPSA) is 45.2 Å². The average molecular weight is 454 g/mol. The molecule has 1 N–H and O–H groups in total. The fraction of sp³-hybridized carbons (Fsp3) is 0.250. The second-order valence-corrected chi connectivity index (χ2v) is 9.98. The number of rotatable bonds is 6. The fourth-order valence-corrected chi connectivity index (χ4v) is 5.46. The van der Waals surface area contributed by atoms with E-state index in [-0.39, 0.29) is 17.8 Å². The molecule has 1 saturated heterocycles. The van der Waals surface area contributed by atoms with Crippen molar-refractivity contribution in [2.45, 2.75) is 26.3 Å². The Morgan fingerprint density at radius 2 is 2.03 bits per heavy atom. The largest absolute Gasteiger partial charge is 0.357 e. The van der Waals surface area contributed by atoms with Crippen LogP contribution in [-0.2, 0) is 4.79 Å². The summed E-state index contributed by atoms with van der Waals surface area (Å²) in [6.07, 6.45) is 0.845.